The van der Waals surface area contributed by atoms with Crippen LogP contribution < -0.4 is 4.74 Å². The molecule has 1 aromatic carbocycles. The molecular formula is C13H18O2. The number of benzene rings is 1. The van der Waals surface area contributed by atoms with Crippen LogP contribution in [0.25, 0.3) is 0 Å². The Hall–Kier alpha value is -1.02. The van der Waals surface area contributed by atoms with Crippen LogP contribution in [0.3, 0.4) is 0 Å². The first-order valence-corrected chi connectivity index (χ1v) is 5.61. The number of aliphatic hydroxyl groups is 1. The molecule has 0 aliphatic heterocycles. The summed E-state index contributed by atoms with van der Waals surface area (Å²) in [4.78, 5) is 0. The molecule has 0 aromatic heterocycles. The van der Waals surface area contributed by atoms with Gasteiger partial charge in [0.2, 0.25) is 0 Å². The highest BCUT2D eigenvalue weighted by Crippen LogP contribution is 2.45. The predicted octanol–water partition coefficient (Wildman–Crippen LogP) is 2.84. The normalized spacial score (nSPS) is 15.7. The maximum Gasteiger partial charge on any atom is 0.128 e. The minimum Gasteiger partial charge on any atom is -0.490 e. The number of rotatable bonds is 4. The second-order valence-electron chi connectivity index (χ2n) is 4.43. The third-order valence-corrected chi connectivity index (χ3v) is 2.67. The van der Waals surface area contributed by atoms with Crippen LogP contribution in [0.1, 0.15) is 43.7 Å². The number of hydrogen-bond donors (Lipinski definition) is 1. The number of para-hydroxylation sites is 1. The molecule has 0 saturated heterocycles. The zero-order chi connectivity index (χ0) is 10.8. The second kappa shape index (κ2) is 4.23. The standard InChI is InChI=1S/C13H18O2/c1-9(2)15-13-11(8-14)4-3-5-12(13)10-6-7-10/h3-5,9-10,14H,6-8H2,1-2H3. The van der Waals surface area contributed by atoms with E-state index in [-0.39, 0.29) is 12.7 Å². The highest BCUT2D eigenvalue weighted by Gasteiger charge is 2.28. The Bertz CT molecular complexity index is 340. The van der Waals surface area contributed by atoms with Gasteiger partial charge in [0, 0.05) is 5.56 Å². The van der Waals surface area contributed by atoms with Gasteiger partial charge in [0.15, 0.2) is 0 Å². The zero-order valence-corrected chi connectivity index (χ0v) is 9.36. The van der Waals surface area contributed by atoms with Gasteiger partial charge in [-0.25, -0.2) is 0 Å². The molecule has 1 aromatic rings. The highest BCUT2D eigenvalue weighted by molar-refractivity contribution is 5.45. The van der Waals surface area contributed by atoms with E-state index in [0.717, 1.165) is 11.3 Å². The molecule has 1 aliphatic carbocycles. The summed E-state index contributed by atoms with van der Waals surface area (Å²) in [6.45, 7) is 4.10. The third-order valence-electron chi connectivity index (χ3n) is 2.67. The maximum atomic E-state index is 9.28. The topological polar surface area (TPSA) is 29.5 Å². The van der Waals surface area contributed by atoms with Crippen molar-refractivity contribution in [3.8, 4) is 5.75 Å². The van der Waals surface area contributed by atoms with Crippen LogP contribution in [0.5, 0.6) is 5.75 Å². The highest BCUT2D eigenvalue weighted by atomic mass is 16.5. The lowest BCUT2D eigenvalue weighted by molar-refractivity contribution is 0.223. The van der Waals surface area contributed by atoms with Crippen molar-refractivity contribution >= 4 is 0 Å². The van der Waals surface area contributed by atoms with E-state index in [1.807, 2.05) is 26.0 Å². The predicted molar refractivity (Wildman–Crippen MR) is 60.1 cm³/mol. The van der Waals surface area contributed by atoms with E-state index in [9.17, 15) is 5.11 Å². The molecule has 82 valence electrons. The van der Waals surface area contributed by atoms with Gasteiger partial charge in [-0.15, -0.1) is 0 Å². The fourth-order valence-corrected chi connectivity index (χ4v) is 1.82. The fourth-order valence-electron chi connectivity index (χ4n) is 1.82. The summed E-state index contributed by atoms with van der Waals surface area (Å²) in [6, 6.07) is 6.06. The molecule has 0 heterocycles. The SMILES string of the molecule is CC(C)Oc1c(CO)cccc1C1CC1. The monoisotopic (exact) mass is 206 g/mol. The van der Waals surface area contributed by atoms with Crippen LogP contribution >= 0.6 is 0 Å². The van der Waals surface area contributed by atoms with Gasteiger partial charge in [0.1, 0.15) is 5.75 Å². The van der Waals surface area contributed by atoms with Crippen LogP contribution in [0.2, 0.25) is 0 Å². The smallest absolute Gasteiger partial charge is 0.128 e. The van der Waals surface area contributed by atoms with Gasteiger partial charge in [-0.2, -0.15) is 0 Å². The van der Waals surface area contributed by atoms with Gasteiger partial charge in [-0.05, 0) is 38.2 Å². The Morgan fingerprint density at radius 1 is 1.40 bits per heavy atom. The molecule has 0 amide bonds. The Morgan fingerprint density at radius 3 is 2.67 bits per heavy atom. The van der Waals surface area contributed by atoms with Gasteiger partial charge in [0.05, 0.1) is 12.7 Å². The molecule has 1 aliphatic rings. The average molecular weight is 206 g/mol. The number of aliphatic hydroxyl groups excluding tert-OH is 1. The summed E-state index contributed by atoms with van der Waals surface area (Å²) in [5.41, 5.74) is 2.18. The molecule has 1 fully saturated rings. The Kier molecular flexibility index (Phi) is 2.96. The van der Waals surface area contributed by atoms with Crippen LogP contribution in [0, 0.1) is 0 Å². The first-order valence-electron chi connectivity index (χ1n) is 5.61. The minimum absolute atomic E-state index is 0.0581. The summed E-state index contributed by atoms with van der Waals surface area (Å²) in [5, 5.41) is 9.28. The molecule has 0 spiro atoms. The molecular weight excluding hydrogens is 188 g/mol. The first-order chi connectivity index (χ1) is 7.22. The van der Waals surface area contributed by atoms with E-state index >= 15 is 0 Å². The van der Waals surface area contributed by atoms with Crippen molar-refractivity contribution in [3.05, 3.63) is 29.3 Å². The largest absolute Gasteiger partial charge is 0.490 e. The van der Waals surface area contributed by atoms with Crippen molar-refractivity contribution in [2.75, 3.05) is 0 Å². The van der Waals surface area contributed by atoms with Crippen molar-refractivity contribution in [2.45, 2.75) is 45.3 Å². The third kappa shape index (κ3) is 2.32. The van der Waals surface area contributed by atoms with E-state index < -0.39 is 0 Å². The lowest BCUT2D eigenvalue weighted by Crippen LogP contribution is -2.09. The molecule has 1 saturated carbocycles. The molecule has 2 rings (SSSR count). The Balaban J connectivity index is 2.35. The van der Waals surface area contributed by atoms with Gasteiger partial charge < -0.3 is 9.84 Å². The van der Waals surface area contributed by atoms with E-state index in [2.05, 4.69) is 6.07 Å². The van der Waals surface area contributed by atoms with Crippen molar-refractivity contribution in [1.29, 1.82) is 0 Å². The van der Waals surface area contributed by atoms with Crippen LogP contribution in [-0.2, 0) is 6.61 Å². The molecule has 2 nitrogen and oxygen atoms in total. The number of ether oxygens (including phenoxy) is 1. The van der Waals surface area contributed by atoms with E-state index in [1.165, 1.54) is 18.4 Å². The molecule has 0 atom stereocenters. The Labute approximate surface area is 90.9 Å². The summed E-state index contributed by atoms with van der Waals surface area (Å²) in [5.74, 6) is 1.57. The van der Waals surface area contributed by atoms with E-state index in [4.69, 9.17) is 4.74 Å². The molecule has 0 bridgehead atoms. The van der Waals surface area contributed by atoms with E-state index in [1.54, 1.807) is 0 Å². The van der Waals surface area contributed by atoms with Gasteiger partial charge in [-0.3, -0.25) is 0 Å². The second-order valence-corrected chi connectivity index (χ2v) is 4.43. The molecule has 0 unspecified atom stereocenters. The molecule has 15 heavy (non-hydrogen) atoms. The van der Waals surface area contributed by atoms with Crippen molar-refractivity contribution in [2.24, 2.45) is 0 Å². The quantitative estimate of drug-likeness (QED) is 0.820. The minimum atomic E-state index is 0.0581. The zero-order valence-electron chi connectivity index (χ0n) is 9.36. The molecule has 1 N–H and O–H groups in total. The lowest BCUT2D eigenvalue weighted by atomic mass is 10.1. The Morgan fingerprint density at radius 2 is 2.13 bits per heavy atom. The lowest BCUT2D eigenvalue weighted by Gasteiger charge is -2.17. The van der Waals surface area contributed by atoms with Gasteiger partial charge in [0.25, 0.3) is 0 Å². The summed E-state index contributed by atoms with van der Waals surface area (Å²) in [6.07, 6.45) is 2.67. The fraction of sp³-hybridized carbons (Fsp3) is 0.538. The summed E-state index contributed by atoms with van der Waals surface area (Å²) < 4.78 is 5.81. The van der Waals surface area contributed by atoms with E-state index in [0.29, 0.717) is 5.92 Å². The summed E-state index contributed by atoms with van der Waals surface area (Å²) >= 11 is 0. The van der Waals surface area contributed by atoms with Crippen molar-refractivity contribution in [3.63, 3.8) is 0 Å². The van der Waals surface area contributed by atoms with Crippen molar-refractivity contribution in [1.82, 2.24) is 0 Å². The first kappa shape index (κ1) is 10.5. The summed E-state index contributed by atoms with van der Waals surface area (Å²) in [7, 11) is 0. The maximum absolute atomic E-state index is 9.28. The van der Waals surface area contributed by atoms with Crippen LogP contribution in [-0.4, -0.2) is 11.2 Å². The molecule has 2 heteroatoms. The number of hydrogen-bond acceptors (Lipinski definition) is 2. The van der Waals surface area contributed by atoms with Gasteiger partial charge in [-0.1, -0.05) is 18.2 Å². The van der Waals surface area contributed by atoms with Crippen LogP contribution in [0.4, 0.5) is 0 Å². The van der Waals surface area contributed by atoms with Crippen LogP contribution in [0.15, 0.2) is 18.2 Å². The van der Waals surface area contributed by atoms with Crippen molar-refractivity contribution < 1.29 is 9.84 Å². The molecule has 0 radical (unpaired) electrons. The average Bonchev–Trinajstić information content (AvgIpc) is 3.01. The van der Waals surface area contributed by atoms with Gasteiger partial charge >= 0.3 is 0 Å².